The first-order chi connectivity index (χ1) is 9.48. The van der Waals surface area contributed by atoms with Crippen molar-refractivity contribution in [3.05, 3.63) is 35.9 Å². The molecule has 1 aromatic rings. The van der Waals surface area contributed by atoms with Gasteiger partial charge in [-0.1, -0.05) is 30.3 Å². The smallest absolute Gasteiger partial charge is 0.164 e. The van der Waals surface area contributed by atoms with E-state index in [1.54, 1.807) is 11.8 Å². The van der Waals surface area contributed by atoms with Crippen LogP contribution in [-0.2, 0) is 9.84 Å². The Morgan fingerprint density at radius 2 is 2.10 bits per heavy atom. The minimum atomic E-state index is -3.02. The fourth-order valence-corrected chi connectivity index (χ4v) is 5.41. The van der Waals surface area contributed by atoms with E-state index in [2.05, 4.69) is 4.90 Å². The third kappa shape index (κ3) is 4.22. The molecule has 20 heavy (non-hydrogen) atoms. The average Bonchev–Trinajstić information content (AvgIpc) is 2.45. The maximum Gasteiger partial charge on any atom is 0.164 e. The molecule has 1 saturated heterocycles. The van der Waals surface area contributed by atoms with Gasteiger partial charge < -0.3 is 5.73 Å². The summed E-state index contributed by atoms with van der Waals surface area (Å²) in [6.45, 7) is 1.55. The lowest BCUT2D eigenvalue weighted by Crippen LogP contribution is -2.47. The second kappa shape index (κ2) is 6.93. The maximum absolute atomic E-state index is 11.8. The van der Waals surface area contributed by atoms with Crippen molar-refractivity contribution < 1.29 is 8.42 Å². The zero-order valence-electron chi connectivity index (χ0n) is 11.7. The molecule has 1 aliphatic heterocycles. The fourth-order valence-electron chi connectivity index (χ4n) is 2.44. The lowest BCUT2D eigenvalue weighted by atomic mass is 10.0. The molecule has 2 unspecified atom stereocenters. The summed E-state index contributed by atoms with van der Waals surface area (Å²) in [5, 5.41) is -0.357. The van der Waals surface area contributed by atoms with Crippen molar-refractivity contribution in [2.45, 2.75) is 17.8 Å². The van der Waals surface area contributed by atoms with E-state index in [0.717, 1.165) is 30.8 Å². The highest BCUT2D eigenvalue weighted by Gasteiger charge is 2.30. The Balaban J connectivity index is 1.95. The van der Waals surface area contributed by atoms with Crippen molar-refractivity contribution in [3.63, 3.8) is 0 Å². The molecule has 0 aliphatic carbocycles. The molecule has 0 amide bonds. The van der Waals surface area contributed by atoms with E-state index in [4.69, 9.17) is 5.73 Å². The molecule has 1 fully saturated rings. The van der Waals surface area contributed by atoms with Crippen molar-refractivity contribution in [2.24, 2.45) is 5.73 Å². The predicted molar refractivity (Wildman–Crippen MR) is 85.5 cm³/mol. The second-order valence-electron chi connectivity index (χ2n) is 5.20. The molecule has 112 valence electrons. The van der Waals surface area contributed by atoms with Gasteiger partial charge in [-0.2, -0.15) is 11.8 Å². The summed E-state index contributed by atoms with van der Waals surface area (Å²) >= 11 is 1.71. The zero-order valence-corrected chi connectivity index (χ0v) is 13.4. The van der Waals surface area contributed by atoms with Gasteiger partial charge in [0.25, 0.3) is 0 Å². The van der Waals surface area contributed by atoms with E-state index in [0.29, 0.717) is 5.75 Å². The van der Waals surface area contributed by atoms with Crippen LogP contribution in [-0.4, -0.2) is 49.5 Å². The SMILES string of the molecule is CS(=O)(=O)C1CSCCN1CCC(N)c1ccccc1. The second-order valence-corrected chi connectivity index (χ2v) is 8.55. The molecule has 2 N–H and O–H groups in total. The number of thioether (sulfide) groups is 1. The molecule has 1 heterocycles. The normalized spacial score (nSPS) is 22.6. The number of nitrogens with zero attached hydrogens (tertiary/aromatic N) is 1. The van der Waals surface area contributed by atoms with Gasteiger partial charge >= 0.3 is 0 Å². The molecule has 2 atom stereocenters. The van der Waals surface area contributed by atoms with Crippen molar-refractivity contribution in [1.82, 2.24) is 4.90 Å². The Bertz CT molecular complexity index is 519. The summed E-state index contributed by atoms with van der Waals surface area (Å²) in [6.07, 6.45) is 2.11. The molecular formula is C14H22N2O2S2. The van der Waals surface area contributed by atoms with E-state index in [1.165, 1.54) is 6.26 Å². The van der Waals surface area contributed by atoms with Gasteiger partial charge in [-0.3, -0.25) is 4.90 Å². The highest BCUT2D eigenvalue weighted by Crippen LogP contribution is 2.22. The monoisotopic (exact) mass is 314 g/mol. The molecule has 0 spiro atoms. The van der Waals surface area contributed by atoms with Crippen molar-refractivity contribution in [3.8, 4) is 0 Å². The lowest BCUT2D eigenvalue weighted by molar-refractivity contribution is 0.260. The van der Waals surface area contributed by atoms with Gasteiger partial charge in [0, 0.05) is 36.9 Å². The Morgan fingerprint density at radius 3 is 2.75 bits per heavy atom. The van der Waals surface area contributed by atoms with Gasteiger partial charge in [-0.15, -0.1) is 0 Å². The van der Waals surface area contributed by atoms with Crippen molar-refractivity contribution >= 4 is 21.6 Å². The van der Waals surface area contributed by atoms with Crippen LogP contribution in [0, 0.1) is 0 Å². The Kier molecular flexibility index (Phi) is 5.49. The minimum Gasteiger partial charge on any atom is -0.324 e. The first kappa shape index (κ1) is 15.8. The predicted octanol–water partition coefficient (Wildman–Crippen LogP) is 1.50. The number of sulfone groups is 1. The summed E-state index contributed by atoms with van der Waals surface area (Å²) in [4.78, 5) is 2.06. The molecule has 0 radical (unpaired) electrons. The van der Waals surface area contributed by atoms with Crippen LogP contribution < -0.4 is 5.73 Å². The summed E-state index contributed by atoms with van der Waals surface area (Å²) in [5.74, 6) is 1.66. The van der Waals surface area contributed by atoms with E-state index in [1.807, 2.05) is 30.3 Å². The molecule has 4 nitrogen and oxygen atoms in total. The zero-order chi connectivity index (χ0) is 14.6. The number of rotatable bonds is 5. The number of nitrogens with two attached hydrogens (primary N) is 1. The summed E-state index contributed by atoms with van der Waals surface area (Å²) in [7, 11) is -3.02. The molecule has 1 aliphatic rings. The Hall–Kier alpha value is -0.560. The third-order valence-corrected chi connectivity index (χ3v) is 6.33. The quantitative estimate of drug-likeness (QED) is 0.892. The average molecular weight is 314 g/mol. The van der Waals surface area contributed by atoms with E-state index >= 15 is 0 Å². The van der Waals surface area contributed by atoms with E-state index < -0.39 is 9.84 Å². The number of benzene rings is 1. The van der Waals surface area contributed by atoms with Gasteiger partial charge in [0.1, 0.15) is 5.37 Å². The minimum absolute atomic E-state index is 0.0361. The third-order valence-electron chi connectivity index (χ3n) is 3.64. The van der Waals surface area contributed by atoms with Crippen LogP contribution in [0.15, 0.2) is 30.3 Å². The van der Waals surface area contributed by atoms with Crippen LogP contribution >= 0.6 is 11.8 Å². The summed E-state index contributed by atoms with van der Waals surface area (Å²) in [5.41, 5.74) is 7.29. The van der Waals surface area contributed by atoms with Gasteiger partial charge in [0.15, 0.2) is 9.84 Å². The van der Waals surface area contributed by atoms with Crippen LogP contribution in [0.4, 0.5) is 0 Å². The number of hydrogen-bond donors (Lipinski definition) is 1. The summed E-state index contributed by atoms with van der Waals surface area (Å²) in [6, 6.07) is 9.93. The Morgan fingerprint density at radius 1 is 1.40 bits per heavy atom. The van der Waals surface area contributed by atoms with E-state index in [9.17, 15) is 8.42 Å². The molecule has 0 aromatic heterocycles. The van der Waals surface area contributed by atoms with Crippen LogP contribution in [0.5, 0.6) is 0 Å². The van der Waals surface area contributed by atoms with Crippen molar-refractivity contribution in [1.29, 1.82) is 0 Å². The van der Waals surface area contributed by atoms with Crippen LogP contribution in [0.3, 0.4) is 0 Å². The molecule has 6 heteroatoms. The van der Waals surface area contributed by atoms with Crippen LogP contribution in [0.1, 0.15) is 18.0 Å². The van der Waals surface area contributed by atoms with Gasteiger partial charge in [0.2, 0.25) is 0 Å². The topological polar surface area (TPSA) is 63.4 Å². The van der Waals surface area contributed by atoms with Gasteiger partial charge in [0.05, 0.1) is 0 Å². The van der Waals surface area contributed by atoms with Gasteiger partial charge in [-0.05, 0) is 12.0 Å². The van der Waals surface area contributed by atoms with Crippen LogP contribution in [0.25, 0.3) is 0 Å². The molecule has 1 aromatic carbocycles. The molecular weight excluding hydrogens is 292 g/mol. The Labute approximate surface area is 125 Å². The number of hydrogen-bond acceptors (Lipinski definition) is 5. The fraction of sp³-hybridized carbons (Fsp3) is 0.571. The maximum atomic E-state index is 11.8. The standard InChI is InChI=1S/C14H22N2O2S2/c1-20(17,18)14-11-19-10-9-16(14)8-7-13(15)12-5-3-2-4-6-12/h2-6,13-14H,7-11,15H2,1H3. The lowest BCUT2D eigenvalue weighted by Gasteiger charge is -2.34. The molecule has 0 saturated carbocycles. The largest absolute Gasteiger partial charge is 0.324 e. The molecule has 0 bridgehead atoms. The summed E-state index contributed by atoms with van der Waals surface area (Å²) < 4.78 is 23.7. The first-order valence-electron chi connectivity index (χ1n) is 6.79. The van der Waals surface area contributed by atoms with E-state index in [-0.39, 0.29) is 11.4 Å². The van der Waals surface area contributed by atoms with Crippen LogP contribution in [0.2, 0.25) is 0 Å². The van der Waals surface area contributed by atoms with Gasteiger partial charge in [-0.25, -0.2) is 8.42 Å². The van der Waals surface area contributed by atoms with Crippen molar-refractivity contribution in [2.75, 3.05) is 30.9 Å². The highest BCUT2D eigenvalue weighted by molar-refractivity contribution is 8.00. The first-order valence-corrected chi connectivity index (χ1v) is 9.90. The highest BCUT2D eigenvalue weighted by atomic mass is 32.2. The molecule has 2 rings (SSSR count).